The number of piperidine rings is 1. The number of nitrogens with zero attached hydrogens (tertiary/aromatic N) is 3. The number of aryl methyl sites for hydroxylation is 1. The number of nitrogens with one attached hydrogen (secondary N) is 2. The summed E-state index contributed by atoms with van der Waals surface area (Å²) in [6, 6.07) is 25.5. The number of urea groups is 1. The number of anilines is 2. The number of ether oxygens (including phenoxy) is 1. The molecule has 1 aromatic heterocycles. The Bertz CT molecular complexity index is 1670. The van der Waals surface area contributed by atoms with Crippen LogP contribution in [0.5, 0.6) is 0 Å². The molecule has 2 heterocycles. The van der Waals surface area contributed by atoms with Crippen LogP contribution in [0.3, 0.4) is 0 Å². The van der Waals surface area contributed by atoms with E-state index in [1.165, 1.54) is 5.56 Å². The molecule has 1 aliphatic rings. The molecule has 0 spiro atoms. The number of rotatable bonds is 8. The van der Waals surface area contributed by atoms with Crippen LogP contribution < -0.4 is 10.6 Å². The summed E-state index contributed by atoms with van der Waals surface area (Å²) < 4.78 is 7.64. The summed E-state index contributed by atoms with van der Waals surface area (Å²) >= 11 is 0. The first-order valence-corrected chi connectivity index (χ1v) is 16.6. The fourth-order valence-corrected chi connectivity index (χ4v) is 5.67. The first-order valence-electron chi connectivity index (χ1n) is 16.6. The molecule has 1 saturated heterocycles. The van der Waals surface area contributed by atoms with Crippen molar-refractivity contribution in [2.45, 2.75) is 85.4 Å². The van der Waals surface area contributed by atoms with E-state index in [-0.39, 0.29) is 23.0 Å². The van der Waals surface area contributed by atoms with E-state index in [9.17, 15) is 9.59 Å². The van der Waals surface area contributed by atoms with Gasteiger partial charge in [-0.25, -0.2) is 9.48 Å². The largest absolute Gasteiger partial charge is 0.371 e. The van der Waals surface area contributed by atoms with Gasteiger partial charge in [0.1, 0.15) is 5.82 Å². The highest BCUT2D eigenvalue weighted by Gasteiger charge is 2.25. The van der Waals surface area contributed by atoms with Crippen molar-refractivity contribution >= 4 is 23.4 Å². The molecule has 3 aromatic carbocycles. The molecule has 0 bridgehead atoms. The fourth-order valence-electron chi connectivity index (χ4n) is 5.67. The Morgan fingerprint density at radius 1 is 0.851 bits per heavy atom. The van der Waals surface area contributed by atoms with E-state index in [1.54, 1.807) is 4.68 Å². The van der Waals surface area contributed by atoms with E-state index in [0.29, 0.717) is 18.3 Å². The molecule has 5 rings (SSSR count). The zero-order valence-corrected chi connectivity index (χ0v) is 28.9. The summed E-state index contributed by atoms with van der Waals surface area (Å²) in [5.74, 6) is 1.17. The monoisotopic (exact) mass is 635 g/mol. The van der Waals surface area contributed by atoms with Gasteiger partial charge in [-0.1, -0.05) is 62.7 Å². The lowest BCUT2D eigenvalue weighted by Gasteiger charge is -2.32. The standard InChI is InChI=1S/C39H49N5O3/c1-27-11-17-33(18-12-27)44-35(25-34(42-44)38(2,3)4)41-37(46)40-32-10-8-9-30(24-32)23-28-19-21-43(22-20-28)36(45)31-15-13-29(14-16-31)26-47-39(5,6)7/h8-18,24-25,28H,19-23,26H2,1-7H3,(H2,40,41,46). The zero-order chi connectivity index (χ0) is 33.8. The molecule has 0 aliphatic carbocycles. The Kier molecular flexibility index (Phi) is 10.2. The third-order valence-electron chi connectivity index (χ3n) is 8.48. The second-order valence-corrected chi connectivity index (χ2v) is 14.7. The van der Waals surface area contributed by atoms with Gasteiger partial charge >= 0.3 is 6.03 Å². The van der Waals surface area contributed by atoms with Crippen molar-refractivity contribution in [1.29, 1.82) is 0 Å². The first-order chi connectivity index (χ1) is 22.2. The molecular weight excluding hydrogens is 586 g/mol. The molecular formula is C39H49N5O3. The minimum Gasteiger partial charge on any atom is -0.371 e. The average molecular weight is 636 g/mol. The molecule has 1 aliphatic heterocycles. The van der Waals surface area contributed by atoms with Crippen LogP contribution in [0.15, 0.2) is 78.9 Å². The summed E-state index contributed by atoms with van der Waals surface area (Å²) in [7, 11) is 0. The molecule has 0 atom stereocenters. The van der Waals surface area contributed by atoms with Gasteiger partial charge in [-0.15, -0.1) is 0 Å². The van der Waals surface area contributed by atoms with Crippen LogP contribution in [-0.2, 0) is 23.2 Å². The minimum absolute atomic E-state index is 0.0855. The highest BCUT2D eigenvalue weighted by Crippen LogP contribution is 2.28. The maximum atomic E-state index is 13.2. The average Bonchev–Trinajstić information content (AvgIpc) is 3.45. The van der Waals surface area contributed by atoms with Gasteiger partial charge in [0.2, 0.25) is 0 Å². The van der Waals surface area contributed by atoms with Gasteiger partial charge in [-0.3, -0.25) is 10.1 Å². The third kappa shape index (κ3) is 9.32. The highest BCUT2D eigenvalue weighted by atomic mass is 16.5. The van der Waals surface area contributed by atoms with Gasteiger partial charge in [0.15, 0.2) is 0 Å². The van der Waals surface area contributed by atoms with Crippen molar-refractivity contribution < 1.29 is 14.3 Å². The Morgan fingerprint density at radius 3 is 2.17 bits per heavy atom. The quantitative estimate of drug-likeness (QED) is 0.203. The van der Waals surface area contributed by atoms with E-state index in [2.05, 4.69) is 37.5 Å². The van der Waals surface area contributed by atoms with E-state index in [4.69, 9.17) is 9.84 Å². The lowest BCUT2D eigenvalue weighted by molar-refractivity contribution is -0.0149. The van der Waals surface area contributed by atoms with Gasteiger partial charge in [0, 0.05) is 35.8 Å². The molecule has 8 heteroatoms. The van der Waals surface area contributed by atoms with Crippen LogP contribution >= 0.6 is 0 Å². The number of likely N-dealkylation sites (tertiary alicyclic amines) is 1. The van der Waals surface area contributed by atoms with E-state index in [0.717, 1.165) is 66.1 Å². The second kappa shape index (κ2) is 14.1. The molecule has 0 radical (unpaired) electrons. The number of hydrogen-bond acceptors (Lipinski definition) is 4. The van der Waals surface area contributed by atoms with Crippen molar-refractivity contribution in [3.63, 3.8) is 0 Å². The number of amides is 3. The normalized spacial score (nSPS) is 14.2. The first kappa shape index (κ1) is 33.9. The van der Waals surface area contributed by atoms with E-state index in [1.807, 2.05) is 105 Å². The number of hydrogen-bond donors (Lipinski definition) is 2. The van der Waals surface area contributed by atoms with Gasteiger partial charge in [0.25, 0.3) is 5.91 Å². The molecule has 2 N–H and O–H groups in total. The van der Waals surface area contributed by atoms with E-state index >= 15 is 0 Å². The van der Waals surface area contributed by atoms with Gasteiger partial charge in [-0.2, -0.15) is 5.10 Å². The Hall–Kier alpha value is -4.43. The van der Waals surface area contributed by atoms with Crippen molar-refractivity contribution in [3.8, 4) is 5.69 Å². The summed E-state index contributed by atoms with van der Waals surface area (Å²) in [5, 5.41) is 10.8. The smallest absolute Gasteiger partial charge is 0.324 e. The van der Waals surface area contributed by atoms with Gasteiger partial charge < -0.3 is 15.0 Å². The van der Waals surface area contributed by atoms with Crippen molar-refractivity contribution in [2.75, 3.05) is 23.7 Å². The SMILES string of the molecule is Cc1ccc(-n2nc(C(C)(C)C)cc2NC(=O)Nc2cccc(CC3CCN(C(=O)c4ccc(COC(C)(C)C)cc4)CC3)c2)cc1. The third-order valence-corrected chi connectivity index (χ3v) is 8.48. The molecule has 1 fully saturated rings. The van der Waals surface area contributed by atoms with Gasteiger partial charge in [-0.05, 0) is 100 Å². The second-order valence-electron chi connectivity index (χ2n) is 14.7. The number of carbonyl (C=O) groups excluding carboxylic acids is 2. The lowest BCUT2D eigenvalue weighted by atomic mass is 9.90. The summed E-state index contributed by atoms with van der Waals surface area (Å²) in [4.78, 5) is 28.3. The van der Waals surface area contributed by atoms with Crippen LogP contribution in [0.1, 0.15) is 87.1 Å². The number of carbonyl (C=O) groups is 2. The van der Waals surface area contributed by atoms with E-state index < -0.39 is 0 Å². The maximum Gasteiger partial charge on any atom is 0.324 e. The van der Waals surface area contributed by atoms with Crippen LogP contribution in [0.25, 0.3) is 5.69 Å². The summed E-state index contributed by atoms with van der Waals surface area (Å²) in [6.45, 7) is 16.5. The Balaban J connectivity index is 1.15. The Labute approximate surface area is 279 Å². The topological polar surface area (TPSA) is 88.5 Å². The molecule has 248 valence electrons. The predicted octanol–water partition coefficient (Wildman–Crippen LogP) is 8.53. The fraction of sp³-hybridized carbons (Fsp3) is 0.410. The molecule has 4 aromatic rings. The number of aromatic nitrogens is 2. The van der Waals surface area contributed by atoms with Crippen molar-refractivity contribution in [1.82, 2.24) is 14.7 Å². The molecule has 47 heavy (non-hydrogen) atoms. The van der Waals surface area contributed by atoms with Crippen LogP contribution in [-0.4, -0.2) is 45.3 Å². The molecule has 0 saturated carbocycles. The molecule has 3 amide bonds. The molecule has 8 nitrogen and oxygen atoms in total. The summed E-state index contributed by atoms with van der Waals surface area (Å²) in [6.07, 6.45) is 2.79. The minimum atomic E-state index is -0.322. The van der Waals surface area contributed by atoms with Crippen LogP contribution in [0.2, 0.25) is 0 Å². The molecule has 0 unspecified atom stereocenters. The predicted molar refractivity (Wildman–Crippen MR) is 189 cm³/mol. The zero-order valence-electron chi connectivity index (χ0n) is 28.9. The lowest BCUT2D eigenvalue weighted by Crippen LogP contribution is -2.38. The van der Waals surface area contributed by atoms with Crippen LogP contribution in [0.4, 0.5) is 16.3 Å². The number of benzene rings is 3. The van der Waals surface area contributed by atoms with Gasteiger partial charge in [0.05, 0.1) is 23.6 Å². The maximum absolute atomic E-state index is 13.2. The summed E-state index contributed by atoms with van der Waals surface area (Å²) in [5.41, 5.74) is 6.25. The Morgan fingerprint density at radius 2 is 1.53 bits per heavy atom. The van der Waals surface area contributed by atoms with Crippen molar-refractivity contribution in [2.24, 2.45) is 5.92 Å². The highest BCUT2D eigenvalue weighted by molar-refractivity contribution is 5.99. The van der Waals surface area contributed by atoms with Crippen LogP contribution in [0, 0.1) is 12.8 Å². The van der Waals surface area contributed by atoms with Crippen molar-refractivity contribution in [3.05, 3.63) is 107 Å².